The second kappa shape index (κ2) is 6.30. The van der Waals surface area contributed by atoms with Crippen LogP contribution in [0.25, 0.3) is 0 Å². The van der Waals surface area contributed by atoms with E-state index in [1.54, 1.807) is 13.8 Å². The third-order valence-electron chi connectivity index (χ3n) is 3.54. The van der Waals surface area contributed by atoms with Gasteiger partial charge in [0.1, 0.15) is 5.60 Å². The zero-order valence-electron chi connectivity index (χ0n) is 12.6. The van der Waals surface area contributed by atoms with Gasteiger partial charge in [-0.25, -0.2) is 0 Å². The Balaban J connectivity index is 2.02. The van der Waals surface area contributed by atoms with Gasteiger partial charge in [0, 0.05) is 12.1 Å². The molecule has 1 aromatic carbocycles. The Morgan fingerprint density at radius 1 is 1.43 bits per heavy atom. The van der Waals surface area contributed by atoms with E-state index in [-0.39, 0.29) is 11.9 Å². The van der Waals surface area contributed by atoms with Gasteiger partial charge in [-0.15, -0.1) is 0 Å². The third kappa shape index (κ3) is 4.59. The summed E-state index contributed by atoms with van der Waals surface area (Å²) in [5.74, 6) is 5.50. The average Bonchev–Trinajstić information content (AvgIpc) is 2.85. The quantitative estimate of drug-likeness (QED) is 0.822. The number of hydrogen-bond acceptors (Lipinski definition) is 3. The van der Waals surface area contributed by atoms with Crippen LogP contribution >= 0.6 is 0 Å². The van der Waals surface area contributed by atoms with E-state index in [0.717, 1.165) is 37.1 Å². The molecule has 0 spiro atoms. The molecule has 1 amide bonds. The first-order chi connectivity index (χ1) is 9.85. The summed E-state index contributed by atoms with van der Waals surface area (Å²) in [5.41, 5.74) is 6.45. The summed E-state index contributed by atoms with van der Waals surface area (Å²) in [6.07, 6.45) is 1.87. The molecule has 1 saturated heterocycles. The number of nitrogens with zero attached hydrogens (tertiary/aromatic N) is 1. The van der Waals surface area contributed by atoms with Crippen molar-refractivity contribution in [1.82, 2.24) is 4.90 Å². The number of likely N-dealkylation sites (tertiary alicyclic amines) is 1. The van der Waals surface area contributed by atoms with Gasteiger partial charge < -0.3 is 10.8 Å². The second-order valence-corrected chi connectivity index (χ2v) is 6.04. The highest BCUT2D eigenvalue weighted by molar-refractivity contribution is 5.80. The van der Waals surface area contributed by atoms with Gasteiger partial charge in [-0.1, -0.05) is 24.0 Å². The van der Waals surface area contributed by atoms with E-state index >= 15 is 0 Å². The number of nitrogens with two attached hydrogens (primary N) is 1. The molecule has 0 radical (unpaired) electrons. The summed E-state index contributed by atoms with van der Waals surface area (Å²) in [6.45, 7) is 4.96. The summed E-state index contributed by atoms with van der Waals surface area (Å²) in [6, 6.07) is 7.74. The van der Waals surface area contributed by atoms with E-state index in [2.05, 4.69) is 16.7 Å². The summed E-state index contributed by atoms with van der Waals surface area (Å²) >= 11 is 0. The molecule has 1 heterocycles. The van der Waals surface area contributed by atoms with Crippen LogP contribution in [0.2, 0.25) is 0 Å². The third-order valence-corrected chi connectivity index (χ3v) is 3.54. The van der Waals surface area contributed by atoms with Crippen LogP contribution < -0.4 is 5.73 Å². The van der Waals surface area contributed by atoms with Crippen molar-refractivity contribution in [2.45, 2.75) is 44.9 Å². The minimum absolute atomic E-state index is 0.139. The van der Waals surface area contributed by atoms with E-state index < -0.39 is 5.60 Å². The monoisotopic (exact) mass is 286 g/mol. The number of rotatable bonds is 3. The molecule has 0 aliphatic carbocycles. The molecule has 4 nitrogen and oxygen atoms in total. The Morgan fingerprint density at radius 2 is 2.10 bits per heavy atom. The molecular formula is C17H22N2O2. The minimum atomic E-state index is -0.983. The summed E-state index contributed by atoms with van der Waals surface area (Å²) < 4.78 is 0. The number of amides is 1. The predicted octanol–water partition coefficient (Wildman–Crippen LogP) is 1.26. The van der Waals surface area contributed by atoms with Crippen molar-refractivity contribution in [3.05, 3.63) is 35.4 Å². The number of primary amides is 1. The normalized spacial score (nSPS) is 19.1. The van der Waals surface area contributed by atoms with Crippen molar-refractivity contribution in [2.75, 3.05) is 6.54 Å². The molecule has 1 aliphatic heterocycles. The fourth-order valence-corrected chi connectivity index (χ4v) is 2.49. The first-order valence-electron chi connectivity index (χ1n) is 7.23. The van der Waals surface area contributed by atoms with Gasteiger partial charge >= 0.3 is 0 Å². The summed E-state index contributed by atoms with van der Waals surface area (Å²) in [5, 5.41) is 9.58. The lowest BCUT2D eigenvalue weighted by molar-refractivity contribution is -0.122. The Bertz CT molecular complexity index is 561. The number of benzene rings is 1. The predicted molar refractivity (Wildman–Crippen MR) is 82.2 cm³/mol. The maximum absolute atomic E-state index is 11.4. The molecule has 1 aliphatic rings. The largest absolute Gasteiger partial charge is 0.378 e. The highest BCUT2D eigenvalue weighted by Gasteiger charge is 2.28. The van der Waals surface area contributed by atoms with Gasteiger partial charge in [0.05, 0.1) is 6.04 Å². The van der Waals surface area contributed by atoms with Gasteiger partial charge in [-0.05, 0) is 50.9 Å². The van der Waals surface area contributed by atoms with Crippen molar-refractivity contribution in [2.24, 2.45) is 5.73 Å². The van der Waals surface area contributed by atoms with E-state index in [0.29, 0.717) is 0 Å². The smallest absolute Gasteiger partial charge is 0.234 e. The fourth-order valence-electron chi connectivity index (χ4n) is 2.49. The summed E-state index contributed by atoms with van der Waals surface area (Å²) in [7, 11) is 0. The van der Waals surface area contributed by atoms with Crippen molar-refractivity contribution in [1.29, 1.82) is 0 Å². The molecule has 1 fully saturated rings. The Kier molecular flexibility index (Phi) is 4.66. The summed E-state index contributed by atoms with van der Waals surface area (Å²) in [4.78, 5) is 13.5. The number of carbonyl (C=O) groups excluding carboxylic acids is 1. The van der Waals surface area contributed by atoms with Crippen LogP contribution in [-0.4, -0.2) is 34.1 Å². The van der Waals surface area contributed by atoms with Gasteiger partial charge in [0.2, 0.25) is 5.91 Å². The molecule has 0 saturated carbocycles. The van der Waals surface area contributed by atoms with Crippen LogP contribution in [0.4, 0.5) is 0 Å². The molecule has 1 atom stereocenters. The van der Waals surface area contributed by atoms with E-state index in [1.165, 1.54) is 0 Å². The SMILES string of the molecule is CC(C)(O)C#Cc1ccc(CN2CCC[C@H]2C(N)=O)cc1. The van der Waals surface area contributed by atoms with E-state index in [9.17, 15) is 9.90 Å². The maximum Gasteiger partial charge on any atom is 0.234 e. The highest BCUT2D eigenvalue weighted by Crippen LogP contribution is 2.19. The number of aliphatic hydroxyl groups is 1. The topological polar surface area (TPSA) is 66.6 Å². The van der Waals surface area contributed by atoms with Gasteiger partial charge in [-0.3, -0.25) is 9.69 Å². The van der Waals surface area contributed by atoms with Crippen molar-refractivity contribution in [3.8, 4) is 11.8 Å². The van der Waals surface area contributed by atoms with Crippen molar-refractivity contribution in [3.63, 3.8) is 0 Å². The standard InChI is InChI=1S/C17H22N2O2/c1-17(2,21)10-9-13-5-7-14(8-6-13)12-19-11-3-4-15(19)16(18)20/h5-8,15,21H,3-4,11-12H2,1-2H3,(H2,18,20)/t15-/m0/s1. The Labute approximate surface area is 125 Å². The van der Waals surface area contributed by atoms with Crippen LogP contribution in [0, 0.1) is 11.8 Å². The molecule has 0 aromatic heterocycles. The molecule has 4 heteroatoms. The van der Waals surface area contributed by atoms with Crippen molar-refractivity contribution < 1.29 is 9.90 Å². The lowest BCUT2D eigenvalue weighted by Gasteiger charge is -2.21. The molecule has 0 unspecified atom stereocenters. The number of carbonyl (C=O) groups is 1. The Hall–Kier alpha value is -1.83. The zero-order valence-corrected chi connectivity index (χ0v) is 12.6. The second-order valence-electron chi connectivity index (χ2n) is 6.04. The van der Waals surface area contributed by atoms with Gasteiger partial charge in [0.25, 0.3) is 0 Å². The lowest BCUT2D eigenvalue weighted by Crippen LogP contribution is -2.39. The lowest BCUT2D eigenvalue weighted by atomic mass is 10.1. The molecule has 21 heavy (non-hydrogen) atoms. The zero-order chi connectivity index (χ0) is 15.5. The molecule has 3 N–H and O–H groups in total. The first-order valence-corrected chi connectivity index (χ1v) is 7.23. The minimum Gasteiger partial charge on any atom is -0.378 e. The first kappa shape index (κ1) is 15.6. The van der Waals surface area contributed by atoms with Crippen molar-refractivity contribution >= 4 is 5.91 Å². The highest BCUT2D eigenvalue weighted by atomic mass is 16.3. The molecule has 1 aromatic rings. The van der Waals surface area contributed by atoms with Crippen LogP contribution in [0.1, 0.15) is 37.8 Å². The molecule has 0 bridgehead atoms. The van der Waals surface area contributed by atoms with E-state index in [1.807, 2.05) is 24.3 Å². The van der Waals surface area contributed by atoms with Gasteiger partial charge in [0.15, 0.2) is 0 Å². The molecule has 112 valence electrons. The van der Waals surface area contributed by atoms with Crippen LogP contribution in [0.15, 0.2) is 24.3 Å². The molecule has 2 rings (SSSR count). The number of hydrogen-bond donors (Lipinski definition) is 2. The van der Waals surface area contributed by atoms with Crippen LogP contribution in [0.3, 0.4) is 0 Å². The average molecular weight is 286 g/mol. The van der Waals surface area contributed by atoms with E-state index in [4.69, 9.17) is 5.73 Å². The van der Waals surface area contributed by atoms with Gasteiger partial charge in [-0.2, -0.15) is 0 Å². The van der Waals surface area contributed by atoms with Crippen LogP contribution in [0.5, 0.6) is 0 Å². The Morgan fingerprint density at radius 3 is 2.67 bits per heavy atom. The van der Waals surface area contributed by atoms with Crippen LogP contribution in [-0.2, 0) is 11.3 Å². The maximum atomic E-state index is 11.4. The fraction of sp³-hybridized carbons (Fsp3) is 0.471. The molecular weight excluding hydrogens is 264 g/mol.